The molecule has 0 radical (unpaired) electrons. The Hall–Kier alpha value is -1.80. The molecule has 0 aliphatic heterocycles. The number of aryl methyl sites for hydroxylation is 1. The summed E-state index contributed by atoms with van der Waals surface area (Å²) in [5.41, 5.74) is 3.96. The molecule has 1 atom stereocenters. The van der Waals surface area contributed by atoms with Gasteiger partial charge in [0.05, 0.1) is 6.04 Å². The Morgan fingerprint density at radius 1 is 1.24 bits per heavy atom. The van der Waals surface area contributed by atoms with E-state index in [1.165, 1.54) is 5.56 Å². The maximum absolute atomic E-state index is 11.5. The van der Waals surface area contributed by atoms with Gasteiger partial charge in [0.2, 0.25) is 0 Å². The van der Waals surface area contributed by atoms with Crippen LogP contribution in [0.4, 0.5) is 5.69 Å². The second kappa shape index (κ2) is 6.77. The Labute approximate surface area is 131 Å². The average molecular weight is 302 g/mol. The van der Waals surface area contributed by atoms with Gasteiger partial charge in [-0.15, -0.1) is 0 Å². The van der Waals surface area contributed by atoms with Crippen molar-refractivity contribution in [3.05, 3.63) is 64.2 Å². The fourth-order valence-electron chi connectivity index (χ4n) is 2.33. The highest BCUT2D eigenvalue weighted by Gasteiger charge is 2.11. The molecule has 2 aromatic rings. The summed E-state index contributed by atoms with van der Waals surface area (Å²) in [5.74, 6) is 0.0778. The van der Waals surface area contributed by atoms with Gasteiger partial charge in [-0.2, -0.15) is 0 Å². The molecule has 0 heterocycles. The summed E-state index contributed by atoms with van der Waals surface area (Å²) in [6.45, 7) is 5.73. The van der Waals surface area contributed by atoms with E-state index in [4.69, 9.17) is 11.6 Å². The van der Waals surface area contributed by atoms with Crippen LogP contribution in [0.5, 0.6) is 0 Å². The van der Waals surface area contributed by atoms with Crippen molar-refractivity contribution in [1.29, 1.82) is 0 Å². The average Bonchev–Trinajstić information content (AvgIpc) is 2.48. The second-order valence-electron chi connectivity index (χ2n) is 5.25. The number of nitrogens with one attached hydrogen (secondary N) is 1. The van der Waals surface area contributed by atoms with E-state index in [-0.39, 0.29) is 11.8 Å². The zero-order valence-electron chi connectivity index (χ0n) is 12.6. The molecule has 2 rings (SSSR count). The van der Waals surface area contributed by atoms with E-state index in [0.717, 1.165) is 28.3 Å². The van der Waals surface area contributed by atoms with Crippen LogP contribution in [0.25, 0.3) is 0 Å². The molecular weight excluding hydrogens is 282 g/mol. The summed E-state index contributed by atoms with van der Waals surface area (Å²) < 4.78 is 0. The SMILES string of the molecule is CC[C@@H](Nc1cccc(C(C)=O)c1)c1ccc(Cl)c(C)c1. The largest absolute Gasteiger partial charge is 0.378 e. The van der Waals surface area contributed by atoms with Crippen LogP contribution in [-0.2, 0) is 0 Å². The first-order valence-corrected chi connectivity index (χ1v) is 7.52. The molecule has 0 saturated carbocycles. The number of halogens is 1. The summed E-state index contributed by atoms with van der Waals surface area (Å²) in [5, 5.41) is 4.28. The highest BCUT2D eigenvalue weighted by molar-refractivity contribution is 6.31. The third-order valence-electron chi connectivity index (χ3n) is 3.60. The summed E-state index contributed by atoms with van der Waals surface area (Å²) in [6, 6.07) is 13.9. The summed E-state index contributed by atoms with van der Waals surface area (Å²) in [6.07, 6.45) is 0.950. The summed E-state index contributed by atoms with van der Waals surface area (Å²) in [7, 11) is 0. The Kier molecular flexibility index (Phi) is 5.03. The highest BCUT2D eigenvalue weighted by Crippen LogP contribution is 2.26. The maximum atomic E-state index is 11.5. The normalized spacial score (nSPS) is 12.0. The van der Waals surface area contributed by atoms with Crippen molar-refractivity contribution < 1.29 is 4.79 Å². The number of rotatable bonds is 5. The molecule has 110 valence electrons. The van der Waals surface area contributed by atoms with Crippen LogP contribution < -0.4 is 5.32 Å². The number of carbonyl (C=O) groups excluding carboxylic acids is 1. The van der Waals surface area contributed by atoms with Crippen molar-refractivity contribution in [2.75, 3.05) is 5.32 Å². The van der Waals surface area contributed by atoms with Crippen LogP contribution in [0.1, 0.15) is 47.8 Å². The summed E-state index contributed by atoms with van der Waals surface area (Å²) >= 11 is 6.09. The topological polar surface area (TPSA) is 29.1 Å². The van der Waals surface area contributed by atoms with Crippen molar-refractivity contribution in [3.63, 3.8) is 0 Å². The lowest BCUT2D eigenvalue weighted by molar-refractivity contribution is 0.101. The first-order valence-electron chi connectivity index (χ1n) is 7.15. The van der Waals surface area contributed by atoms with E-state index in [9.17, 15) is 4.79 Å². The minimum absolute atomic E-state index is 0.0778. The van der Waals surface area contributed by atoms with Crippen LogP contribution in [-0.4, -0.2) is 5.78 Å². The van der Waals surface area contributed by atoms with Gasteiger partial charge < -0.3 is 5.32 Å². The molecule has 21 heavy (non-hydrogen) atoms. The first-order chi connectivity index (χ1) is 10.0. The lowest BCUT2D eigenvalue weighted by Crippen LogP contribution is -2.10. The number of Topliss-reactive ketones (excluding diaryl/α,β-unsaturated/α-hetero) is 1. The van der Waals surface area contributed by atoms with Gasteiger partial charge in [-0.1, -0.05) is 42.8 Å². The fraction of sp³-hybridized carbons (Fsp3) is 0.278. The van der Waals surface area contributed by atoms with Gasteiger partial charge in [0, 0.05) is 16.3 Å². The third-order valence-corrected chi connectivity index (χ3v) is 4.03. The van der Waals surface area contributed by atoms with Crippen molar-refractivity contribution >= 4 is 23.1 Å². The molecule has 1 N–H and O–H groups in total. The van der Waals surface area contributed by atoms with E-state index in [0.29, 0.717) is 0 Å². The van der Waals surface area contributed by atoms with Gasteiger partial charge in [-0.25, -0.2) is 0 Å². The number of hydrogen-bond donors (Lipinski definition) is 1. The van der Waals surface area contributed by atoms with Crippen molar-refractivity contribution in [1.82, 2.24) is 0 Å². The van der Waals surface area contributed by atoms with Crippen molar-refractivity contribution in [3.8, 4) is 0 Å². The molecular formula is C18H20ClNO. The van der Waals surface area contributed by atoms with Crippen molar-refractivity contribution in [2.45, 2.75) is 33.2 Å². The molecule has 0 aliphatic carbocycles. The smallest absolute Gasteiger partial charge is 0.159 e. The van der Waals surface area contributed by atoms with Gasteiger partial charge in [0.25, 0.3) is 0 Å². The zero-order valence-corrected chi connectivity index (χ0v) is 13.4. The van der Waals surface area contributed by atoms with E-state index in [2.05, 4.69) is 18.3 Å². The van der Waals surface area contributed by atoms with Crippen LogP contribution in [0.3, 0.4) is 0 Å². The molecule has 0 fully saturated rings. The molecule has 0 bridgehead atoms. The van der Waals surface area contributed by atoms with Crippen molar-refractivity contribution in [2.24, 2.45) is 0 Å². The number of hydrogen-bond acceptors (Lipinski definition) is 2. The summed E-state index contributed by atoms with van der Waals surface area (Å²) in [4.78, 5) is 11.5. The predicted molar refractivity (Wildman–Crippen MR) is 89.3 cm³/mol. The van der Waals surface area contributed by atoms with Crippen LogP contribution in [0.15, 0.2) is 42.5 Å². The number of carbonyl (C=O) groups is 1. The van der Waals surface area contributed by atoms with Gasteiger partial charge in [-0.05, 0) is 49.6 Å². The molecule has 2 aromatic carbocycles. The minimum atomic E-state index is 0.0778. The Bertz CT molecular complexity index is 651. The number of benzene rings is 2. The highest BCUT2D eigenvalue weighted by atomic mass is 35.5. The van der Waals surface area contributed by atoms with Gasteiger partial charge in [0.1, 0.15) is 0 Å². The molecule has 0 amide bonds. The fourth-order valence-corrected chi connectivity index (χ4v) is 2.45. The zero-order chi connectivity index (χ0) is 15.4. The molecule has 0 saturated heterocycles. The Balaban J connectivity index is 2.24. The Morgan fingerprint density at radius 2 is 2.00 bits per heavy atom. The molecule has 2 nitrogen and oxygen atoms in total. The van der Waals surface area contributed by atoms with E-state index in [1.54, 1.807) is 6.92 Å². The lowest BCUT2D eigenvalue weighted by Gasteiger charge is -2.20. The van der Waals surface area contributed by atoms with E-state index in [1.807, 2.05) is 43.3 Å². The first kappa shape index (κ1) is 15.6. The third kappa shape index (κ3) is 3.85. The second-order valence-corrected chi connectivity index (χ2v) is 5.66. The van der Waals surface area contributed by atoms with Gasteiger partial charge >= 0.3 is 0 Å². The number of anilines is 1. The number of ketones is 1. The molecule has 0 unspecified atom stereocenters. The lowest BCUT2D eigenvalue weighted by atomic mass is 10.0. The van der Waals surface area contributed by atoms with E-state index >= 15 is 0 Å². The quantitative estimate of drug-likeness (QED) is 0.748. The molecule has 0 spiro atoms. The maximum Gasteiger partial charge on any atom is 0.159 e. The van der Waals surface area contributed by atoms with E-state index < -0.39 is 0 Å². The van der Waals surface area contributed by atoms with Crippen LogP contribution >= 0.6 is 11.6 Å². The van der Waals surface area contributed by atoms with Gasteiger partial charge in [-0.3, -0.25) is 4.79 Å². The Morgan fingerprint density at radius 3 is 2.62 bits per heavy atom. The monoisotopic (exact) mass is 301 g/mol. The van der Waals surface area contributed by atoms with Crippen LogP contribution in [0, 0.1) is 6.92 Å². The minimum Gasteiger partial charge on any atom is -0.378 e. The predicted octanol–water partition coefficient (Wildman–Crippen LogP) is 5.41. The van der Waals surface area contributed by atoms with Crippen LogP contribution in [0.2, 0.25) is 5.02 Å². The van der Waals surface area contributed by atoms with Gasteiger partial charge in [0.15, 0.2) is 5.78 Å². The standard InChI is InChI=1S/C18H20ClNO/c1-4-18(15-8-9-17(19)12(2)10-15)20-16-7-5-6-14(11-16)13(3)21/h5-11,18,20H,4H2,1-3H3/t18-/m1/s1. The molecule has 0 aromatic heterocycles. The molecule has 0 aliphatic rings. The molecule has 3 heteroatoms.